The van der Waals surface area contributed by atoms with E-state index in [9.17, 15) is 14.0 Å². The Balaban J connectivity index is 1.76. The highest BCUT2D eigenvalue weighted by Gasteiger charge is 2.14. The fourth-order valence-corrected chi connectivity index (χ4v) is 2.57. The molecule has 0 saturated heterocycles. The predicted molar refractivity (Wildman–Crippen MR) is 89.0 cm³/mol. The number of aryl methyl sites for hydroxylation is 2. The Hall–Kier alpha value is -3.15. The second kappa shape index (κ2) is 6.16. The molecule has 1 heterocycles. The lowest BCUT2D eigenvalue weighted by molar-refractivity contribution is 0.0842. The first-order valence-corrected chi connectivity index (χ1v) is 7.38. The smallest absolute Gasteiger partial charge is 0.286 e. The second-order valence-corrected chi connectivity index (χ2v) is 5.57. The summed E-state index contributed by atoms with van der Waals surface area (Å²) in [6.07, 6.45) is 0. The molecule has 2 N–H and O–H groups in total. The van der Waals surface area contributed by atoms with Crippen molar-refractivity contribution < 1.29 is 14.0 Å². The summed E-state index contributed by atoms with van der Waals surface area (Å²) >= 11 is 0. The number of aromatic nitrogens is 1. The van der Waals surface area contributed by atoms with E-state index in [2.05, 4.69) is 10.9 Å². The van der Waals surface area contributed by atoms with Crippen LogP contribution in [0.5, 0.6) is 0 Å². The summed E-state index contributed by atoms with van der Waals surface area (Å²) in [7, 11) is 1.78. The number of nitrogens with zero attached hydrogens (tertiary/aromatic N) is 1. The quantitative estimate of drug-likeness (QED) is 0.712. The SMILES string of the molecule is Cc1ccc2c(c1)cc(C(=O)NNC(=O)c1cccc(F)c1)n2C. The van der Waals surface area contributed by atoms with Gasteiger partial charge < -0.3 is 4.57 Å². The maximum atomic E-state index is 13.1. The molecule has 3 aromatic rings. The Morgan fingerprint density at radius 3 is 2.50 bits per heavy atom. The van der Waals surface area contributed by atoms with Crippen molar-refractivity contribution in [2.45, 2.75) is 6.92 Å². The maximum absolute atomic E-state index is 13.1. The van der Waals surface area contributed by atoms with Gasteiger partial charge in [-0.15, -0.1) is 0 Å². The van der Waals surface area contributed by atoms with Gasteiger partial charge in [-0.1, -0.05) is 17.7 Å². The monoisotopic (exact) mass is 325 g/mol. The van der Waals surface area contributed by atoms with Crippen LogP contribution in [0, 0.1) is 12.7 Å². The Morgan fingerprint density at radius 2 is 1.75 bits per heavy atom. The van der Waals surface area contributed by atoms with Gasteiger partial charge in [0.15, 0.2) is 0 Å². The number of fused-ring (bicyclic) bond motifs is 1. The van der Waals surface area contributed by atoms with Crippen LogP contribution in [0.15, 0.2) is 48.5 Å². The van der Waals surface area contributed by atoms with E-state index in [1.54, 1.807) is 17.7 Å². The van der Waals surface area contributed by atoms with Crippen LogP contribution in [0.3, 0.4) is 0 Å². The van der Waals surface area contributed by atoms with E-state index >= 15 is 0 Å². The first-order valence-electron chi connectivity index (χ1n) is 7.38. The molecule has 5 nitrogen and oxygen atoms in total. The summed E-state index contributed by atoms with van der Waals surface area (Å²) in [6, 6.07) is 12.9. The number of hydrazine groups is 1. The highest BCUT2D eigenvalue weighted by molar-refractivity contribution is 6.01. The van der Waals surface area contributed by atoms with Gasteiger partial charge in [-0.05, 0) is 43.3 Å². The highest BCUT2D eigenvalue weighted by Crippen LogP contribution is 2.20. The zero-order valence-electron chi connectivity index (χ0n) is 13.3. The molecule has 2 aromatic carbocycles. The van der Waals surface area contributed by atoms with Crippen LogP contribution in [-0.2, 0) is 7.05 Å². The Kier molecular flexibility index (Phi) is 4.04. The average Bonchev–Trinajstić information content (AvgIpc) is 2.88. The molecule has 0 spiro atoms. The van der Waals surface area contributed by atoms with Gasteiger partial charge >= 0.3 is 0 Å². The molecule has 24 heavy (non-hydrogen) atoms. The standard InChI is InChI=1S/C18H16FN3O2/c1-11-6-7-15-13(8-11)10-16(22(15)2)18(24)21-20-17(23)12-4-3-5-14(19)9-12/h3-10H,1-2H3,(H,20,23)(H,21,24). The molecule has 2 amide bonds. The fourth-order valence-electron chi connectivity index (χ4n) is 2.57. The number of nitrogens with one attached hydrogen (secondary N) is 2. The molecule has 0 aliphatic carbocycles. The lowest BCUT2D eigenvalue weighted by Gasteiger charge is -2.08. The molecule has 0 saturated carbocycles. The average molecular weight is 325 g/mol. The van der Waals surface area contributed by atoms with Gasteiger partial charge in [0.05, 0.1) is 0 Å². The van der Waals surface area contributed by atoms with E-state index in [1.807, 2.05) is 25.1 Å². The number of hydrogen-bond donors (Lipinski definition) is 2. The molecule has 0 fully saturated rings. The normalized spacial score (nSPS) is 10.6. The van der Waals surface area contributed by atoms with Crippen LogP contribution in [0.25, 0.3) is 10.9 Å². The van der Waals surface area contributed by atoms with Crippen molar-refractivity contribution in [1.82, 2.24) is 15.4 Å². The molecule has 0 atom stereocenters. The van der Waals surface area contributed by atoms with E-state index < -0.39 is 17.6 Å². The van der Waals surface area contributed by atoms with Crippen molar-refractivity contribution >= 4 is 22.7 Å². The van der Waals surface area contributed by atoms with Crippen LogP contribution in [0.4, 0.5) is 4.39 Å². The van der Waals surface area contributed by atoms with Crippen molar-refractivity contribution in [1.29, 1.82) is 0 Å². The minimum atomic E-state index is -0.586. The molecule has 3 rings (SSSR count). The molecule has 0 radical (unpaired) electrons. The first-order chi connectivity index (χ1) is 11.5. The zero-order valence-corrected chi connectivity index (χ0v) is 13.3. The second-order valence-electron chi connectivity index (χ2n) is 5.57. The van der Waals surface area contributed by atoms with Crippen molar-refractivity contribution in [2.75, 3.05) is 0 Å². The van der Waals surface area contributed by atoms with Crippen LogP contribution < -0.4 is 10.9 Å². The molecule has 6 heteroatoms. The largest absolute Gasteiger partial charge is 0.340 e. The van der Waals surface area contributed by atoms with Gasteiger partial charge in [-0.2, -0.15) is 0 Å². The fraction of sp³-hybridized carbons (Fsp3) is 0.111. The van der Waals surface area contributed by atoms with Crippen molar-refractivity contribution in [3.63, 3.8) is 0 Å². The van der Waals surface area contributed by atoms with Crippen LogP contribution in [-0.4, -0.2) is 16.4 Å². The number of rotatable bonds is 2. The van der Waals surface area contributed by atoms with Gasteiger partial charge in [0.2, 0.25) is 0 Å². The summed E-state index contributed by atoms with van der Waals surface area (Å²) in [5.74, 6) is -1.55. The van der Waals surface area contributed by atoms with Crippen molar-refractivity contribution in [2.24, 2.45) is 7.05 Å². The molecule has 0 bridgehead atoms. The summed E-state index contributed by atoms with van der Waals surface area (Å²) in [6.45, 7) is 1.98. The lowest BCUT2D eigenvalue weighted by atomic mass is 10.2. The lowest BCUT2D eigenvalue weighted by Crippen LogP contribution is -2.42. The molecule has 0 unspecified atom stereocenters. The number of carbonyl (C=O) groups excluding carboxylic acids is 2. The van der Waals surface area contributed by atoms with Gasteiger partial charge in [0, 0.05) is 23.5 Å². The van der Waals surface area contributed by atoms with Gasteiger partial charge in [-0.25, -0.2) is 4.39 Å². The summed E-state index contributed by atoms with van der Waals surface area (Å²) in [4.78, 5) is 24.2. The van der Waals surface area contributed by atoms with E-state index in [0.717, 1.165) is 22.5 Å². The topological polar surface area (TPSA) is 63.1 Å². The molecular formula is C18H16FN3O2. The van der Waals surface area contributed by atoms with Crippen molar-refractivity contribution in [3.05, 3.63) is 71.2 Å². The van der Waals surface area contributed by atoms with E-state index in [1.165, 1.54) is 18.2 Å². The first kappa shape index (κ1) is 15.7. The number of benzene rings is 2. The van der Waals surface area contributed by atoms with E-state index in [0.29, 0.717) is 5.69 Å². The number of halogens is 1. The van der Waals surface area contributed by atoms with Gasteiger partial charge in [0.25, 0.3) is 11.8 Å². The maximum Gasteiger partial charge on any atom is 0.286 e. The summed E-state index contributed by atoms with van der Waals surface area (Å²) < 4.78 is 14.9. The Labute approximate surface area is 138 Å². The minimum Gasteiger partial charge on any atom is -0.340 e. The summed E-state index contributed by atoms with van der Waals surface area (Å²) in [5, 5.41) is 0.944. The number of carbonyl (C=O) groups is 2. The summed E-state index contributed by atoms with van der Waals surface area (Å²) in [5.41, 5.74) is 7.20. The third-order valence-electron chi connectivity index (χ3n) is 3.81. The number of hydrogen-bond acceptors (Lipinski definition) is 2. The van der Waals surface area contributed by atoms with E-state index in [-0.39, 0.29) is 5.56 Å². The van der Waals surface area contributed by atoms with E-state index in [4.69, 9.17) is 0 Å². The number of amides is 2. The van der Waals surface area contributed by atoms with Crippen molar-refractivity contribution in [3.8, 4) is 0 Å². The Bertz CT molecular complexity index is 947. The van der Waals surface area contributed by atoms with Gasteiger partial charge in [-0.3, -0.25) is 20.4 Å². The molecule has 122 valence electrons. The third kappa shape index (κ3) is 2.99. The van der Waals surface area contributed by atoms with Crippen LogP contribution >= 0.6 is 0 Å². The van der Waals surface area contributed by atoms with Gasteiger partial charge in [0.1, 0.15) is 11.5 Å². The zero-order chi connectivity index (χ0) is 17.3. The Morgan fingerprint density at radius 1 is 1.00 bits per heavy atom. The minimum absolute atomic E-state index is 0.128. The highest BCUT2D eigenvalue weighted by atomic mass is 19.1. The molecule has 0 aliphatic rings. The third-order valence-corrected chi connectivity index (χ3v) is 3.81. The molecule has 1 aromatic heterocycles. The molecule has 0 aliphatic heterocycles. The van der Waals surface area contributed by atoms with Crippen LogP contribution in [0.2, 0.25) is 0 Å². The van der Waals surface area contributed by atoms with Crippen LogP contribution in [0.1, 0.15) is 26.4 Å². The predicted octanol–water partition coefficient (Wildman–Crippen LogP) is 2.70. The molecular weight excluding hydrogens is 309 g/mol.